The average molecular weight is 399 g/mol. The van der Waals surface area contributed by atoms with E-state index in [1.165, 1.54) is 11.3 Å². The number of anilines is 1. The quantitative estimate of drug-likeness (QED) is 0.666. The number of likely N-dealkylation sites (N-methyl/N-ethyl adjacent to an activating group) is 1. The minimum atomic E-state index is -1.85. The number of aromatic nitrogens is 2. The molecule has 0 atom stereocenters. The summed E-state index contributed by atoms with van der Waals surface area (Å²) in [6.07, 6.45) is 2.06. The fourth-order valence-electron chi connectivity index (χ4n) is 2.62. The Hall–Kier alpha value is -2.48. The van der Waals surface area contributed by atoms with Gasteiger partial charge in [-0.3, -0.25) is 19.8 Å². The smallest absolute Gasteiger partial charge is 0.232 e. The lowest BCUT2D eigenvalue weighted by molar-refractivity contribution is -0.117. The van der Waals surface area contributed by atoms with Crippen LogP contribution in [0.3, 0.4) is 0 Å². The number of hydrogen-bond acceptors (Lipinski definition) is 5. The third-order valence-electron chi connectivity index (χ3n) is 4.04. The standard InChI is InChI=1S/C20H22N4OS2/c1-14-19(27(3,4)21)26-20(23-14)24(2)18(25)13-15-8-10-16(11-9-15)17-7-5-6-12-22-17/h5-12H,3-4,13,21H2,1-2H3. The summed E-state index contributed by atoms with van der Waals surface area (Å²) in [5.74, 6) is 7.83. The van der Waals surface area contributed by atoms with Crippen LogP contribution in [0.4, 0.5) is 5.13 Å². The van der Waals surface area contributed by atoms with Gasteiger partial charge in [-0.25, -0.2) is 4.98 Å². The molecule has 2 N–H and O–H groups in total. The number of carbonyl (C=O) groups excluding carboxylic acids is 1. The van der Waals surface area contributed by atoms with Crippen molar-refractivity contribution in [3.8, 4) is 11.3 Å². The molecule has 7 heteroatoms. The molecule has 0 bridgehead atoms. The first kappa shape index (κ1) is 19.3. The molecule has 1 aromatic carbocycles. The summed E-state index contributed by atoms with van der Waals surface area (Å²) in [6.45, 7) is 1.87. The highest BCUT2D eigenvalue weighted by atomic mass is 32.2. The van der Waals surface area contributed by atoms with Crippen molar-refractivity contribution in [1.82, 2.24) is 9.97 Å². The van der Waals surface area contributed by atoms with Crippen LogP contribution in [0.2, 0.25) is 0 Å². The van der Waals surface area contributed by atoms with Gasteiger partial charge in [0.25, 0.3) is 0 Å². The minimum Gasteiger partial charge on any atom is -0.291 e. The molecule has 0 aliphatic rings. The molecular formula is C20H22N4OS2. The van der Waals surface area contributed by atoms with Crippen molar-refractivity contribution in [2.45, 2.75) is 17.6 Å². The van der Waals surface area contributed by atoms with E-state index in [1.54, 1.807) is 18.1 Å². The third kappa shape index (κ3) is 4.44. The summed E-state index contributed by atoms with van der Waals surface area (Å²) in [5.41, 5.74) is 3.66. The molecular weight excluding hydrogens is 376 g/mol. The van der Waals surface area contributed by atoms with Gasteiger partial charge >= 0.3 is 0 Å². The summed E-state index contributed by atoms with van der Waals surface area (Å²) >= 11 is 1.39. The van der Waals surface area contributed by atoms with Gasteiger partial charge in [-0.05, 0) is 24.6 Å². The van der Waals surface area contributed by atoms with E-state index in [0.29, 0.717) is 11.6 Å². The van der Waals surface area contributed by atoms with E-state index in [0.717, 1.165) is 26.7 Å². The Morgan fingerprint density at radius 1 is 1.22 bits per heavy atom. The summed E-state index contributed by atoms with van der Waals surface area (Å²) in [4.78, 5) is 23.0. The molecule has 0 unspecified atom stereocenters. The lowest BCUT2D eigenvalue weighted by Gasteiger charge is -2.14. The monoisotopic (exact) mass is 398 g/mol. The van der Waals surface area contributed by atoms with E-state index >= 15 is 0 Å². The summed E-state index contributed by atoms with van der Waals surface area (Å²) in [5, 5.41) is 6.67. The largest absolute Gasteiger partial charge is 0.291 e. The van der Waals surface area contributed by atoms with Gasteiger partial charge < -0.3 is 0 Å². The Labute approximate surface area is 164 Å². The van der Waals surface area contributed by atoms with Crippen molar-refractivity contribution in [3.05, 3.63) is 59.9 Å². The van der Waals surface area contributed by atoms with Crippen molar-refractivity contribution in [3.63, 3.8) is 0 Å². The molecule has 2 aromatic heterocycles. The molecule has 3 rings (SSSR count). The number of pyridine rings is 1. The first-order chi connectivity index (χ1) is 12.8. The lowest BCUT2D eigenvalue weighted by Crippen LogP contribution is -2.27. The predicted molar refractivity (Wildman–Crippen MR) is 118 cm³/mol. The average Bonchev–Trinajstić information content (AvgIpc) is 3.04. The molecule has 5 nitrogen and oxygen atoms in total. The maximum atomic E-state index is 12.7. The Kier molecular flexibility index (Phi) is 5.46. The maximum Gasteiger partial charge on any atom is 0.232 e. The van der Waals surface area contributed by atoms with E-state index in [4.69, 9.17) is 5.14 Å². The van der Waals surface area contributed by atoms with Crippen molar-refractivity contribution in [2.24, 2.45) is 5.14 Å². The van der Waals surface area contributed by atoms with Crippen LogP contribution in [-0.4, -0.2) is 34.7 Å². The highest BCUT2D eigenvalue weighted by molar-refractivity contribution is 8.27. The summed E-state index contributed by atoms with van der Waals surface area (Å²) in [6, 6.07) is 13.7. The molecule has 0 fully saturated rings. The van der Waals surface area contributed by atoms with Gasteiger partial charge in [-0.15, -0.1) is 9.39 Å². The predicted octanol–water partition coefficient (Wildman–Crippen LogP) is 3.62. The molecule has 0 saturated carbocycles. The molecule has 3 aromatic rings. The fourth-order valence-corrected chi connectivity index (χ4v) is 4.92. The minimum absolute atomic E-state index is 0.0355. The first-order valence-electron chi connectivity index (χ1n) is 8.27. The number of amides is 1. The summed E-state index contributed by atoms with van der Waals surface area (Å²) in [7, 11) is -0.121. The molecule has 27 heavy (non-hydrogen) atoms. The van der Waals surface area contributed by atoms with E-state index in [2.05, 4.69) is 21.7 Å². The molecule has 2 heterocycles. The molecule has 0 spiro atoms. The Balaban J connectivity index is 1.73. The van der Waals surface area contributed by atoms with E-state index in [9.17, 15) is 4.79 Å². The Morgan fingerprint density at radius 3 is 2.48 bits per heavy atom. The number of thiazole rings is 1. The highest BCUT2D eigenvalue weighted by Crippen LogP contribution is 2.37. The number of carbonyl (C=O) groups is 1. The topological polar surface area (TPSA) is 72.1 Å². The zero-order valence-corrected chi connectivity index (χ0v) is 17.0. The van der Waals surface area contributed by atoms with Crippen molar-refractivity contribution >= 4 is 43.5 Å². The van der Waals surface area contributed by atoms with Gasteiger partial charge in [0, 0.05) is 18.8 Å². The van der Waals surface area contributed by atoms with Crippen LogP contribution in [0, 0.1) is 6.92 Å². The van der Waals surface area contributed by atoms with Crippen LogP contribution in [0.5, 0.6) is 0 Å². The number of rotatable bonds is 5. The van der Waals surface area contributed by atoms with Crippen molar-refractivity contribution in [1.29, 1.82) is 0 Å². The number of aryl methyl sites for hydroxylation is 1. The molecule has 0 aliphatic heterocycles. The van der Waals surface area contributed by atoms with Crippen molar-refractivity contribution in [2.75, 3.05) is 11.9 Å². The number of nitrogens with zero attached hydrogens (tertiary/aromatic N) is 3. The van der Waals surface area contributed by atoms with Gasteiger partial charge in [0.05, 0.1) is 22.0 Å². The molecule has 0 radical (unpaired) electrons. The van der Waals surface area contributed by atoms with Crippen LogP contribution in [-0.2, 0) is 11.2 Å². The number of nitrogens with two attached hydrogens (primary N) is 1. The second-order valence-electron chi connectivity index (χ2n) is 6.35. The maximum absolute atomic E-state index is 12.7. The van der Waals surface area contributed by atoms with E-state index < -0.39 is 9.39 Å². The SMILES string of the molecule is C=S(=C)(N)c1sc(N(C)C(=O)Cc2ccc(-c3ccccn3)cc2)nc1C. The number of benzene rings is 1. The van der Waals surface area contributed by atoms with Gasteiger partial charge in [0.2, 0.25) is 5.91 Å². The van der Waals surface area contributed by atoms with Crippen LogP contribution in [0.15, 0.2) is 52.9 Å². The zero-order chi connectivity index (χ0) is 19.6. The van der Waals surface area contributed by atoms with Gasteiger partial charge in [0.1, 0.15) is 0 Å². The number of hydrogen-bond donors (Lipinski definition) is 1. The summed E-state index contributed by atoms with van der Waals surface area (Å²) < 4.78 is 0.858. The van der Waals surface area contributed by atoms with Gasteiger partial charge in [0.15, 0.2) is 5.13 Å². The van der Waals surface area contributed by atoms with Crippen molar-refractivity contribution < 1.29 is 4.79 Å². The Bertz CT molecular complexity index is 1060. The first-order valence-corrected chi connectivity index (χ1v) is 11.1. The van der Waals surface area contributed by atoms with Crippen LogP contribution >= 0.6 is 20.7 Å². The van der Waals surface area contributed by atoms with Crippen LogP contribution < -0.4 is 10.0 Å². The van der Waals surface area contributed by atoms with E-state index in [-0.39, 0.29) is 5.91 Å². The third-order valence-corrected chi connectivity index (χ3v) is 7.35. The van der Waals surface area contributed by atoms with E-state index in [1.807, 2.05) is 49.4 Å². The van der Waals surface area contributed by atoms with Gasteiger partial charge in [-0.2, -0.15) is 0 Å². The molecule has 0 saturated heterocycles. The second kappa shape index (κ2) is 7.64. The Morgan fingerprint density at radius 2 is 1.93 bits per heavy atom. The lowest BCUT2D eigenvalue weighted by atomic mass is 10.1. The molecule has 140 valence electrons. The van der Waals surface area contributed by atoms with Crippen LogP contribution in [0.25, 0.3) is 11.3 Å². The zero-order valence-electron chi connectivity index (χ0n) is 15.4. The highest BCUT2D eigenvalue weighted by Gasteiger charge is 2.18. The molecule has 1 amide bonds. The second-order valence-corrected chi connectivity index (χ2v) is 9.89. The van der Waals surface area contributed by atoms with Crippen LogP contribution in [0.1, 0.15) is 11.3 Å². The fraction of sp³-hybridized carbons (Fsp3) is 0.150. The molecule has 0 aliphatic carbocycles. The van der Waals surface area contributed by atoms with Gasteiger partial charge in [-0.1, -0.05) is 53.4 Å². The normalized spacial score (nSPS) is 11.4.